The third-order valence-corrected chi connectivity index (χ3v) is 2.30. The van der Waals surface area contributed by atoms with Crippen LogP contribution in [-0.4, -0.2) is 16.2 Å². The Kier molecular flexibility index (Phi) is 4.58. The molecule has 0 saturated carbocycles. The van der Waals surface area contributed by atoms with Gasteiger partial charge in [-0.3, -0.25) is 4.79 Å². The molecule has 3 heteroatoms. The van der Waals surface area contributed by atoms with Crippen LogP contribution in [0.2, 0.25) is 0 Å². The summed E-state index contributed by atoms with van der Waals surface area (Å²) in [5, 5.41) is 18.2. The van der Waals surface area contributed by atoms with E-state index in [1.165, 1.54) is 0 Å². The minimum Gasteiger partial charge on any atom is -0.508 e. The minimum absolute atomic E-state index is 0.0416. The van der Waals surface area contributed by atoms with Crippen LogP contribution < -0.4 is 0 Å². The van der Waals surface area contributed by atoms with E-state index in [4.69, 9.17) is 5.11 Å². The van der Waals surface area contributed by atoms with Crippen molar-refractivity contribution in [2.75, 3.05) is 0 Å². The second kappa shape index (κ2) is 5.95. The predicted octanol–water partition coefficient (Wildman–Crippen LogP) is 2.92. The standard InChI is InChI=1S/C13H16O3/c1-2-3-5-11(9-13(15)16)10-6-4-7-12(14)8-10/h3-8,11,14H,2,9H2,1H3,(H,15,16)/t11-/m0/s1. The summed E-state index contributed by atoms with van der Waals surface area (Å²) in [6, 6.07) is 6.73. The second-order valence-corrected chi connectivity index (χ2v) is 3.64. The van der Waals surface area contributed by atoms with Gasteiger partial charge in [-0.05, 0) is 24.1 Å². The molecule has 86 valence electrons. The SMILES string of the molecule is CCC=C[C@@H](CC(=O)O)c1cccc(O)c1. The zero-order valence-corrected chi connectivity index (χ0v) is 9.26. The number of phenolic OH excluding ortho intramolecular Hbond substituents is 1. The van der Waals surface area contributed by atoms with Gasteiger partial charge in [0.2, 0.25) is 0 Å². The van der Waals surface area contributed by atoms with Crippen molar-refractivity contribution < 1.29 is 15.0 Å². The molecule has 0 fully saturated rings. The zero-order valence-electron chi connectivity index (χ0n) is 9.26. The molecule has 2 N–H and O–H groups in total. The third-order valence-electron chi connectivity index (χ3n) is 2.30. The molecule has 0 radical (unpaired) electrons. The van der Waals surface area contributed by atoms with E-state index >= 15 is 0 Å². The first-order valence-electron chi connectivity index (χ1n) is 5.31. The molecule has 0 aliphatic carbocycles. The van der Waals surface area contributed by atoms with E-state index in [-0.39, 0.29) is 18.1 Å². The molecule has 3 nitrogen and oxygen atoms in total. The van der Waals surface area contributed by atoms with Crippen molar-refractivity contribution in [2.45, 2.75) is 25.7 Å². The highest BCUT2D eigenvalue weighted by Gasteiger charge is 2.12. The van der Waals surface area contributed by atoms with Crippen LogP contribution in [0.25, 0.3) is 0 Å². The van der Waals surface area contributed by atoms with Gasteiger partial charge in [-0.2, -0.15) is 0 Å². The van der Waals surface area contributed by atoms with Crippen LogP contribution in [-0.2, 0) is 4.79 Å². The Morgan fingerprint density at radius 3 is 2.81 bits per heavy atom. The summed E-state index contributed by atoms with van der Waals surface area (Å²) in [5.74, 6) is -0.851. The van der Waals surface area contributed by atoms with Crippen LogP contribution in [0.5, 0.6) is 5.75 Å². The average Bonchev–Trinajstić information content (AvgIpc) is 2.23. The van der Waals surface area contributed by atoms with Crippen molar-refractivity contribution in [3.63, 3.8) is 0 Å². The lowest BCUT2D eigenvalue weighted by Gasteiger charge is -2.10. The smallest absolute Gasteiger partial charge is 0.304 e. The van der Waals surface area contributed by atoms with Gasteiger partial charge in [0, 0.05) is 5.92 Å². The molecule has 0 bridgehead atoms. The van der Waals surface area contributed by atoms with Gasteiger partial charge >= 0.3 is 5.97 Å². The maximum absolute atomic E-state index is 10.7. The first kappa shape index (κ1) is 12.3. The van der Waals surface area contributed by atoms with Gasteiger partial charge in [0.05, 0.1) is 6.42 Å². The number of carbonyl (C=O) groups is 1. The summed E-state index contributed by atoms with van der Waals surface area (Å²) in [6.07, 6.45) is 4.73. The number of hydrogen-bond acceptors (Lipinski definition) is 2. The topological polar surface area (TPSA) is 57.5 Å². The second-order valence-electron chi connectivity index (χ2n) is 3.64. The number of rotatable bonds is 5. The molecule has 0 amide bonds. The lowest BCUT2D eigenvalue weighted by Crippen LogP contribution is -2.04. The van der Waals surface area contributed by atoms with Crippen molar-refractivity contribution in [1.29, 1.82) is 0 Å². The zero-order chi connectivity index (χ0) is 12.0. The van der Waals surface area contributed by atoms with Gasteiger partial charge in [-0.25, -0.2) is 0 Å². The first-order chi connectivity index (χ1) is 7.63. The summed E-state index contributed by atoms with van der Waals surface area (Å²) in [6.45, 7) is 2.00. The molecule has 0 aliphatic heterocycles. The molecular weight excluding hydrogens is 204 g/mol. The van der Waals surface area contributed by atoms with Crippen LogP contribution >= 0.6 is 0 Å². The summed E-state index contributed by atoms with van der Waals surface area (Å²) in [4.78, 5) is 10.7. The average molecular weight is 220 g/mol. The first-order valence-corrected chi connectivity index (χ1v) is 5.31. The van der Waals surface area contributed by atoms with Gasteiger partial charge < -0.3 is 10.2 Å². The van der Waals surface area contributed by atoms with Crippen molar-refractivity contribution in [3.8, 4) is 5.75 Å². The van der Waals surface area contributed by atoms with E-state index in [0.717, 1.165) is 12.0 Å². The Morgan fingerprint density at radius 2 is 2.25 bits per heavy atom. The van der Waals surface area contributed by atoms with Crippen molar-refractivity contribution >= 4 is 5.97 Å². The molecule has 1 aromatic rings. The molecule has 0 unspecified atom stereocenters. The van der Waals surface area contributed by atoms with Crippen molar-refractivity contribution in [3.05, 3.63) is 42.0 Å². The third kappa shape index (κ3) is 3.77. The largest absolute Gasteiger partial charge is 0.508 e. The van der Waals surface area contributed by atoms with Gasteiger partial charge in [0.1, 0.15) is 5.75 Å². The fourth-order valence-corrected chi connectivity index (χ4v) is 1.54. The van der Waals surface area contributed by atoms with Crippen LogP contribution in [0, 0.1) is 0 Å². The number of hydrogen-bond donors (Lipinski definition) is 2. The molecule has 1 atom stereocenters. The van der Waals surface area contributed by atoms with E-state index in [1.807, 2.05) is 25.1 Å². The summed E-state index contributed by atoms with van der Waals surface area (Å²) in [7, 11) is 0. The maximum Gasteiger partial charge on any atom is 0.304 e. The van der Waals surface area contributed by atoms with Crippen LogP contribution in [0.4, 0.5) is 0 Å². The highest BCUT2D eigenvalue weighted by molar-refractivity contribution is 5.68. The monoisotopic (exact) mass is 220 g/mol. The van der Waals surface area contributed by atoms with Gasteiger partial charge in [0.15, 0.2) is 0 Å². The number of allylic oxidation sites excluding steroid dienone is 2. The van der Waals surface area contributed by atoms with Crippen LogP contribution in [0.1, 0.15) is 31.2 Å². The lowest BCUT2D eigenvalue weighted by molar-refractivity contribution is -0.137. The number of carboxylic acids is 1. The number of phenols is 1. The van der Waals surface area contributed by atoms with E-state index in [1.54, 1.807) is 18.2 Å². The molecule has 1 rings (SSSR count). The number of aliphatic carboxylic acids is 1. The van der Waals surface area contributed by atoms with E-state index < -0.39 is 5.97 Å². The Morgan fingerprint density at radius 1 is 1.50 bits per heavy atom. The Bertz CT molecular complexity index is 383. The Labute approximate surface area is 95.0 Å². The summed E-state index contributed by atoms with van der Waals surface area (Å²) < 4.78 is 0. The van der Waals surface area contributed by atoms with Crippen molar-refractivity contribution in [1.82, 2.24) is 0 Å². The molecular formula is C13H16O3. The normalized spacial score (nSPS) is 12.8. The lowest BCUT2D eigenvalue weighted by atomic mass is 9.95. The molecule has 0 saturated heterocycles. The van der Waals surface area contributed by atoms with Crippen LogP contribution in [0.3, 0.4) is 0 Å². The predicted molar refractivity (Wildman–Crippen MR) is 62.5 cm³/mol. The highest BCUT2D eigenvalue weighted by Crippen LogP contribution is 2.24. The number of benzene rings is 1. The quantitative estimate of drug-likeness (QED) is 0.750. The van der Waals surface area contributed by atoms with Gasteiger partial charge in [-0.1, -0.05) is 31.2 Å². The van der Waals surface area contributed by atoms with E-state index in [0.29, 0.717) is 0 Å². The fourth-order valence-electron chi connectivity index (χ4n) is 1.54. The summed E-state index contributed by atoms with van der Waals surface area (Å²) in [5.41, 5.74) is 0.826. The molecule has 1 aromatic carbocycles. The maximum atomic E-state index is 10.7. The fraction of sp³-hybridized carbons (Fsp3) is 0.308. The highest BCUT2D eigenvalue weighted by atomic mass is 16.4. The Hall–Kier alpha value is -1.77. The molecule has 0 spiro atoms. The molecule has 0 heterocycles. The number of aromatic hydroxyl groups is 1. The van der Waals surface area contributed by atoms with Gasteiger partial charge in [-0.15, -0.1) is 0 Å². The number of carboxylic acid groups (broad SMARTS) is 1. The van der Waals surface area contributed by atoms with Crippen LogP contribution in [0.15, 0.2) is 36.4 Å². The molecule has 0 aromatic heterocycles. The van der Waals surface area contributed by atoms with Crippen molar-refractivity contribution in [2.24, 2.45) is 0 Å². The molecule has 0 aliphatic rings. The van der Waals surface area contributed by atoms with E-state index in [2.05, 4.69) is 0 Å². The van der Waals surface area contributed by atoms with Gasteiger partial charge in [0.25, 0.3) is 0 Å². The molecule has 16 heavy (non-hydrogen) atoms. The summed E-state index contributed by atoms with van der Waals surface area (Å²) >= 11 is 0. The minimum atomic E-state index is -0.839. The Balaban J connectivity index is 2.91. The van der Waals surface area contributed by atoms with E-state index in [9.17, 15) is 9.90 Å².